The number of aliphatic hydroxyl groups is 1. The normalized spacial score (nSPS) is 23.4. The van der Waals surface area contributed by atoms with Crippen molar-refractivity contribution in [3.05, 3.63) is 47.7 Å². The van der Waals surface area contributed by atoms with Gasteiger partial charge in [-0.05, 0) is 5.56 Å². The number of amides is 1. The Bertz CT molecular complexity index is 649. The molecule has 1 atom stereocenters. The summed E-state index contributed by atoms with van der Waals surface area (Å²) in [7, 11) is 0. The maximum atomic E-state index is 12.4. The Kier molecular flexibility index (Phi) is 6.98. The van der Waals surface area contributed by atoms with Crippen LogP contribution >= 0.6 is 0 Å². The molecule has 3 N–H and O–H groups in total. The van der Waals surface area contributed by atoms with Gasteiger partial charge in [-0.3, -0.25) is 19.4 Å². The number of benzene rings is 1. The minimum atomic E-state index is -0.315. The molecule has 2 heterocycles. The van der Waals surface area contributed by atoms with Crippen LogP contribution in [0.5, 0.6) is 0 Å². The summed E-state index contributed by atoms with van der Waals surface area (Å²) in [5.41, 5.74) is 1.15. The van der Waals surface area contributed by atoms with E-state index < -0.39 is 0 Å². The standard InChI is InChI=1S/C20H28N4O3/c25-13-12-24-10-8-23(9-11-24)7-6-21-15-17-19(26)14-18(22-20(17)27)16-4-2-1-3-5-16/h1-5,15,18,21,25H,6-14H2,(H,22,27)/b17-15-. The lowest BCUT2D eigenvalue weighted by molar-refractivity contribution is -0.126. The monoisotopic (exact) mass is 372 g/mol. The van der Waals surface area contributed by atoms with E-state index in [4.69, 9.17) is 5.11 Å². The number of rotatable bonds is 7. The summed E-state index contributed by atoms with van der Waals surface area (Å²) in [5, 5.41) is 15.0. The molecule has 7 nitrogen and oxygen atoms in total. The number of ketones is 1. The van der Waals surface area contributed by atoms with Gasteiger partial charge >= 0.3 is 0 Å². The van der Waals surface area contributed by atoms with E-state index in [-0.39, 0.29) is 36.3 Å². The molecular weight excluding hydrogens is 344 g/mol. The summed E-state index contributed by atoms with van der Waals surface area (Å²) < 4.78 is 0. The first-order valence-electron chi connectivity index (χ1n) is 9.55. The molecule has 2 aliphatic heterocycles. The van der Waals surface area contributed by atoms with Crippen LogP contribution in [0.3, 0.4) is 0 Å². The highest BCUT2D eigenvalue weighted by Gasteiger charge is 2.30. The summed E-state index contributed by atoms with van der Waals surface area (Å²) in [4.78, 5) is 29.3. The Balaban J connectivity index is 1.43. The summed E-state index contributed by atoms with van der Waals surface area (Å²) >= 11 is 0. The number of nitrogens with zero attached hydrogens (tertiary/aromatic N) is 2. The predicted molar refractivity (Wildman–Crippen MR) is 103 cm³/mol. The van der Waals surface area contributed by atoms with Crippen LogP contribution in [0.15, 0.2) is 42.1 Å². The van der Waals surface area contributed by atoms with Gasteiger partial charge < -0.3 is 15.7 Å². The van der Waals surface area contributed by atoms with Gasteiger partial charge in [0.25, 0.3) is 5.91 Å². The molecule has 2 aliphatic rings. The van der Waals surface area contributed by atoms with Crippen molar-refractivity contribution < 1.29 is 14.7 Å². The van der Waals surface area contributed by atoms with Gasteiger partial charge in [-0.25, -0.2) is 0 Å². The van der Waals surface area contributed by atoms with E-state index >= 15 is 0 Å². The van der Waals surface area contributed by atoms with Crippen molar-refractivity contribution in [3.63, 3.8) is 0 Å². The van der Waals surface area contributed by atoms with E-state index in [0.29, 0.717) is 6.54 Å². The van der Waals surface area contributed by atoms with E-state index in [9.17, 15) is 9.59 Å². The number of piperidine rings is 1. The van der Waals surface area contributed by atoms with Gasteiger partial charge in [0.1, 0.15) is 0 Å². The van der Waals surface area contributed by atoms with Crippen molar-refractivity contribution >= 4 is 11.7 Å². The van der Waals surface area contributed by atoms with Gasteiger partial charge in [0.15, 0.2) is 5.78 Å². The zero-order valence-corrected chi connectivity index (χ0v) is 15.6. The van der Waals surface area contributed by atoms with Crippen molar-refractivity contribution in [2.24, 2.45) is 0 Å². The number of aliphatic hydroxyl groups excluding tert-OH is 1. The maximum Gasteiger partial charge on any atom is 0.256 e. The summed E-state index contributed by atoms with van der Waals surface area (Å²) in [6.45, 7) is 6.35. The first kappa shape index (κ1) is 19.5. The van der Waals surface area contributed by atoms with Crippen LogP contribution in [0, 0.1) is 0 Å². The molecule has 0 spiro atoms. The molecule has 1 aromatic rings. The molecule has 0 radical (unpaired) electrons. The zero-order chi connectivity index (χ0) is 19.1. The Hall–Kier alpha value is -2.22. The first-order valence-corrected chi connectivity index (χ1v) is 9.55. The van der Waals surface area contributed by atoms with Gasteiger partial charge in [-0.15, -0.1) is 0 Å². The average Bonchev–Trinajstić information content (AvgIpc) is 2.69. The lowest BCUT2D eigenvalue weighted by Gasteiger charge is -2.34. The number of hydrogen-bond donors (Lipinski definition) is 3. The third kappa shape index (κ3) is 5.38. The molecule has 2 saturated heterocycles. The van der Waals surface area contributed by atoms with Gasteiger partial charge in [0, 0.05) is 58.4 Å². The predicted octanol–water partition coefficient (Wildman–Crippen LogP) is -0.0999. The second-order valence-corrected chi connectivity index (χ2v) is 6.98. The highest BCUT2D eigenvalue weighted by molar-refractivity contribution is 6.21. The fraction of sp³-hybridized carbons (Fsp3) is 0.500. The van der Waals surface area contributed by atoms with Crippen molar-refractivity contribution in [1.29, 1.82) is 0 Å². The molecule has 0 bridgehead atoms. The van der Waals surface area contributed by atoms with Crippen molar-refractivity contribution in [2.75, 3.05) is 52.4 Å². The van der Waals surface area contributed by atoms with Gasteiger partial charge in [-0.1, -0.05) is 30.3 Å². The van der Waals surface area contributed by atoms with E-state index in [1.807, 2.05) is 30.3 Å². The first-order chi connectivity index (χ1) is 13.2. The molecule has 0 aromatic heterocycles. The van der Waals surface area contributed by atoms with Crippen molar-refractivity contribution in [3.8, 4) is 0 Å². The molecule has 2 fully saturated rings. The molecule has 0 saturated carbocycles. The summed E-state index contributed by atoms with van der Waals surface area (Å²) in [6.07, 6.45) is 1.84. The zero-order valence-electron chi connectivity index (χ0n) is 15.6. The highest BCUT2D eigenvalue weighted by Crippen LogP contribution is 2.23. The SMILES string of the molecule is O=C1CC(c2ccccc2)NC(=O)/C1=C\NCCN1CCN(CCO)CC1. The number of nitrogens with one attached hydrogen (secondary N) is 2. The number of carbonyl (C=O) groups excluding carboxylic acids is 2. The maximum absolute atomic E-state index is 12.4. The Labute approximate surface area is 160 Å². The summed E-state index contributed by atoms with van der Waals surface area (Å²) in [5.74, 6) is -0.442. The fourth-order valence-corrected chi connectivity index (χ4v) is 3.52. The average molecular weight is 372 g/mol. The van der Waals surface area contributed by atoms with Gasteiger partial charge in [0.2, 0.25) is 0 Å². The van der Waals surface area contributed by atoms with Crippen LogP contribution in [-0.4, -0.2) is 79.0 Å². The molecule has 7 heteroatoms. The van der Waals surface area contributed by atoms with Gasteiger partial charge in [0.05, 0.1) is 18.2 Å². The van der Waals surface area contributed by atoms with E-state index in [0.717, 1.165) is 44.8 Å². The lowest BCUT2D eigenvalue weighted by Crippen LogP contribution is -2.48. The molecule has 1 unspecified atom stereocenters. The Morgan fingerprint density at radius 2 is 1.74 bits per heavy atom. The molecule has 146 valence electrons. The van der Waals surface area contributed by atoms with E-state index in [1.165, 1.54) is 0 Å². The topological polar surface area (TPSA) is 84.9 Å². The van der Waals surface area contributed by atoms with Crippen molar-refractivity contribution in [2.45, 2.75) is 12.5 Å². The summed E-state index contributed by atoms with van der Waals surface area (Å²) in [6, 6.07) is 9.32. The van der Waals surface area contributed by atoms with Crippen LogP contribution in [0.1, 0.15) is 18.0 Å². The molecule has 27 heavy (non-hydrogen) atoms. The second-order valence-electron chi connectivity index (χ2n) is 6.98. The number of piperazine rings is 1. The van der Waals surface area contributed by atoms with Crippen LogP contribution in [0.2, 0.25) is 0 Å². The second kappa shape index (κ2) is 9.64. The molecule has 3 rings (SSSR count). The largest absolute Gasteiger partial charge is 0.395 e. The molecular formula is C20H28N4O3. The smallest absolute Gasteiger partial charge is 0.256 e. The highest BCUT2D eigenvalue weighted by atomic mass is 16.3. The molecule has 0 aliphatic carbocycles. The van der Waals surface area contributed by atoms with Gasteiger partial charge in [-0.2, -0.15) is 0 Å². The van der Waals surface area contributed by atoms with Crippen molar-refractivity contribution in [1.82, 2.24) is 20.4 Å². The Morgan fingerprint density at radius 3 is 2.37 bits per heavy atom. The van der Waals surface area contributed by atoms with E-state index in [1.54, 1.807) is 6.20 Å². The van der Waals surface area contributed by atoms with E-state index in [2.05, 4.69) is 20.4 Å². The van der Waals surface area contributed by atoms with Crippen LogP contribution in [0.25, 0.3) is 0 Å². The van der Waals surface area contributed by atoms with Crippen LogP contribution in [0.4, 0.5) is 0 Å². The van der Waals surface area contributed by atoms with Crippen LogP contribution in [-0.2, 0) is 9.59 Å². The number of β-amino-alcohol motifs (C(OH)–C–C–N with tert-alkyl or cyclic N) is 1. The third-order valence-electron chi connectivity index (χ3n) is 5.14. The van der Waals surface area contributed by atoms with Crippen LogP contribution < -0.4 is 10.6 Å². The Morgan fingerprint density at radius 1 is 1.07 bits per heavy atom. The molecule has 1 aromatic carbocycles. The quantitative estimate of drug-likeness (QED) is 0.352. The number of hydrogen-bond acceptors (Lipinski definition) is 6. The minimum Gasteiger partial charge on any atom is -0.395 e. The third-order valence-corrected chi connectivity index (χ3v) is 5.14. The number of Topliss-reactive ketones (excluding diaryl/α,β-unsaturated/α-hetero) is 1. The fourth-order valence-electron chi connectivity index (χ4n) is 3.52. The number of carbonyl (C=O) groups is 2. The lowest BCUT2D eigenvalue weighted by atomic mass is 9.93. The minimum absolute atomic E-state index is 0.127. The molecule has 1 amide bonds.